The molecule has 1 saturated heterocycles. The zero-order valence-electron chi connectivity index (χ0n) is 11.1. The number of aromatic nitrogens is 1. The van der Waals surface area contributed by atoms with Crippen molar-refractivity contribution < 1.29 is 4.74 Å². The van der Waals surface area contributed by atoms with E-state index in [1.807, 2.05) is 0 Å². The van der Waals surface area contributed by atoms with Crippen LogP contribution in [0.5, 0.6) is 0 Å². The zero-order chi connectivity index (χ0) is 12.4. The van der Waals surface area contributed by atoms with Gasteiger partial charge in [0, 0.05) is 23.6 Å². The van der Waals surface area contributed by atoms with Gasteiger partial charge in [-0.15, -0.1) is 11.3 Å². The van der Waals surface area contributed by atoms with Crippen molar-refractivity contribution in [3.05, 3.63) is 15.6 Å². The van der Waals surface area contributed by atoms with E-state index in [0.29, 0.717) is 18.2 Å². The molecule has 0 amide bonds. The molecule has 1 aromatic heterocycles. The van der Waals surface area contributed by atoms with E-state index < -0.39 is 0 Å². The molecule has 3 atom stereocenters. The first-order chi connectivity index (χ1) is 8.06. The van der Waals surface area contributed by atoms with Crippen molar-refractivity contribution in [1.82, 2.24) is 10.3 Å². The summed E-state index contributed by atoms with van der Waals surface area (Å²) in [6.45, 7) is 9.45. The van der Waals surface area contributed by atoms with Gasteiger partial charge >= 0.3 is 0 Å². The number of hydrogen-bond donors (Lipinski definition) is 1. The van der Waals surface area contributed by atoms with Gasteiger partial charge in [0.05, 0.1) is 16.8 Å². The van der Waals surface area contributed by atoms with Crippen LogP contribution in [0.15, 0.2) is 0 Å². The molecule has 0 saturated carbocycles. The van der Waals surface area contributed by atoms with E-state index in [4.69, 9.17) is 4.74 Å². The molecule has 1 fully saturated rings. The van der Waals surface area contributed by atoms with Crippen LogP contribution in [-0.2, 0) is 4.74 Å². The van der Waals surface area contributed by atoms with Crippen molar-refractivity contribution in [2.75, 3.05) is 6.61 Å². The zero-order valence-corrected chi connectivity index (χ0v) is 11.9. The number of hydrogen-bond acceptors (Lipinski definition) is 4. The van der Waals surface area contributed by atoms with Crippen LogP contribution in [0.1, 0.15) is 48.3 Å². The highest BCUT2D eigenvalue weighted by atomic mass is 32.1. The van der Waals surface area contributed by atoms with Crippen molar-refractivity contribution in [3.8, 4) is 0 Å². The minimum absolute atomic E-state index is 0.387. The summed E-state index contributed by atoms with van der Waals surface area (Å²) in [6, 6.07) is 0.979. The Morgan fingerprint density at radius 1 is 1.47 bits per heavy atom. The molecule has 0 radical (unpaired) electrons. The lowest BCUT2D eigenvalue weighted by Crippen LogP contribution is -2.39. The van der Waals surface area contributed by atoms with Crippen LogP contribution in [0.3, 0.4) is 0 Å². The van der Waals surface area contributed by atoms with Gasteiger partial charge in [-0.2, -0.15) is 0 Å². The first-order valence-corrected chi connectivity index (χ1v) is 7.19. The van der Waals surface area contributed by atoms with Crippen LogP contribution >= 0.6 is 11.3 Å². The maximum atomic E-state index is 5.57. The molecular weight excluding hydrogens is 232 g/mol. The Morgan fingerprint density at radius 2 is 2.24 bits per heavy atom. The van der Waals surface area contributed by atoms with Crippen molar-refractivity contribution in [2.45, 2.75) is 58.7 Å². The Labute approximate surface area is 108 Å². The molecule has 1 aliphatic rings. The van der Waals surface area contributed by atoms with Crippen LogP contribution in [0, 0.1) is 13.8 Å². The molecule has 0 aliphatic carbocycles. The van der Waals surface area contributed by atoms with Gasteiger partial charge in [-0.1, -0.05) is 0 Å². The van der Waals surface area contributed by atoms with Gasteiger partial charge in [-0.05, 0) is 40.5 Å². The molecule has 3 unspecified atom stereocenters. The predicted octanol–water partition coefficient (Wildman–Crippen LogP) is 2.98. The highest BCUT2D eigenvalue weighted by Crippen LogP contribution is 2.26. The maximum absolute atomic E-state index is 5.57. The molecule has 3 nitrogen and oxygen atoms in total. The molecule has 17 heavy (non-hydrogen) atoms. The Balaban J connectivity index is 1.96. The van der Waals surface area contributed by atoms with Crippen LogP contribution < -0.4 is 5.32 Å². The number of nitrogens with one attached hydrogen (secondary N) is 1. The van der Waals surface area contributed by atoms with E-state index in [1.54, 1.807) is 11.3 Å². The fraction of sp³-hybridized carbons (Fsp3) is 0.769. The second-order valence-electron chi connectivity index (χ2n) is 4.97. The fourth-order valence-electron chi connectivity index (χ4n) is 2.53. The topological polar surface area (TPSA) is 34.2 Å². The van der Waals surface area contributed by atoms with Gasteiger partial charge in [0.1, 0.15) is 0 Å². The Bertz CT molecular complexity index is 377. The van der Waals surface area contributed by atoms with Crippen molar-refractivity contribution >= 4 is 11.3 Å². The van der Waals surface area contributed by atoms with Gasteiger partial charge < -0.3 is 10.1 Å². The van der Waals surface area contributed by atoms with Crippen LogP contribution in [-0.4, -0.2) is 23.7 Å². The highest BCUT2D eigenvalue weighted by molar-refractivity contribution is 7.11. The summed E-state index contributed by atoms with van der Waals surface area (Å²) in [6.07, 6.45) is 2.62. The van der Waals surface area contributed by atoms with Crippen LogP contribution in [0.4, 0.5) is 0 Å². The lowest BCUT2D eigenvalue weighted by Gasteiger charge is -2.30. The van der Waals surface area contributed by atoms with Gasteiger partial charge in [0.2, 0.25) is 0 Å². The monoisotopic (exact) mass is 254 g/mol. The van der Waals surface area contributed by atoms with E-state index in [0.717, 1.165) is 24.5 Å². The summed E-state index contributed by atoms with van der Waals surface area (Å²) < 4.78 is 5.57. The van der Waals surface area contributed by atoms with E-state index >= 15 is 0 Å². The summed E-state index contributed by atoms with van der Waals surface area (Å²) >= 11 is 1.81. The molecule has 96 valence electrons. The molecule has 2 rings (SSSR count). The molecule has 1 aliphatic heterocycles. The second kappa shape index (κ2) is 5.46. The van der Waals surface area contributed by atoms with Crippen LogP contribution in [0.2, 0.25) is 0 Å². The lowest BCUT2D eigenvalue weighted by molar-refractivity contribution is 0.0116. The second-order valence-corrected chi connectivity index (χ2v) is 6.21. The average Bonchev–Trinajstić information content (AvgIpc) is 2.58. The Hall–Kier alpha value is -0.450. The molecule has 0 spiro atoms. The first-order valence-electron chi connectivity index (χ1n) is 6.38. The van der Waals surface area contributed by atoms with E-state index in [2.05, 4.69) is 38.0 Å². The minimum Gasteiger partial charge on any atom is -0.378 e. The molecule has 4 heteroatoms. The first kappa shape index (κ1) is 13.0. The smallest absolute Gasteiger partial charge is 0.0900 e. The van der Waals surface area contributed by atoms with E-state index in [1.165, 1.54) is 10.6 Å². The van der Waals surface area contributed by atoms with E-state index in [9.17, 15) is 0 Å². The van der Waals surface area contributed by atoms with Gasteiger partial charge in [-0.25, -0.2) is 4.98 Å². The molecular formula is C13H22N2OS. The normalized spacial score (nSPS) is 27.1. The Kier molecular flexibility index (Phi) is 4.17. The molecule has 1 aromatic rings. The van der Waals surface area contributed by atoms with Crippen LogP contribution in [0.25, 0.3) is 0 Å². The van der Waals surface area contributed by atoms with Gasteiger partial charge in [-0.3, -0.25) is 0 Å². The van der Waals surface area contributed by atoms with Gasteiger partial charge in [0.15, 0.2) is 0 Å². The number of ether oxygens (including phenoxy) is 1. The Morgan fingerprint density at radius 3 is 2.82 bits per heavy atom. The summed E-state index contributed by atoms with van der Waals surface area (Å²) in [7, 11) is 0. The minimum atomic E-state index is 0.387. The van der Waals surface area contributed by atoms with E-state index in [-0.39, 0.29) is 0 Å². The quantitative estimate of drug-likeness (QED) is 0.900. The van der Waals surface area contributed by atoms with Crippen molar-refractivity contribution in [2.24, 2.45) is 0 Å². The van der Waals surface area contributed by atoms with Crippen molar-refractivity contribution in [1.29, 1.82) is 0 Å². The third kappa shape index (κ3) is 3.27. The third-order valence-electron chi connectivity index (χ3n) is 3.30. The third-order valence-corrected chi connectivity index (χ3v) is 4.56. The molecule has 2 heterocycles. The number of rotatable bonds is 3. The predicted molar refractivity (Wildman–Crippen MR) is 71.6 cm³/mol. The highest BCUT2D eigenvalue weighted by Gasteiger charge is 2.22. The van der Waals surface area contributed by atoms with Crippen molar-refractivity contribution in [3.63, 3.8) is 0 Å². The SMILES string of the molecule is Cc1nc(C)c(C(C)NC2CCOC(C)C2)s1. The number of thiazole rings is 1. The largest absolute Gasteiger partial charge is 0.378 e. The molecule has 0 aromatic carbocycles. The molecule has 0 bridgehead atoms. The maximum Gasteiger partial charge on any atom is 0.0900 e. The lowest BCUT2D eigenvalue weighted by atomic mass is 10.0. The summed E-state index contributed by atoms with van der Waals surface area (Å²) in [5, 5.41) is 4.87. The standard InChI is InChI=1S/C13H22N2OS/c1-8-7-12(5-6-16-8)15-10(3)13-9(2)14-11(4)17-13/h8,10,12,15H,5-7H2,1-4H3. The fourth-order valence-corrected chi connectivity index (χ4v) is 3.47. The number of nitrogens with zero attached hydrogens (tertiary/aromatic N) is 1. The number of aryl methyl sites for hydroxylation is 2. The average molecular weight is 254 g/mol. The van der Waals surface area contributed by atoms with Gasteiger partial charge in [0.25, 0.3) is 0 Å². The summed E-state index contributed by atoms with van der Waals surface area (Å²) in [5.41, 5.74) is 1.17. The summed E-state index contributed by atoms with van der Waals surface area (Å²) in [5.74, 6) is 0. The summed E-state index contributed by atoms with van der Waals surface area (Å²) in [4.78, 5) is 5.87. The molecule has 1 N–H and O–H groups in total.